The average Bonchev–Trinajstić information content (AvgIpc) is 2.61. The van der Waals surface area contributed by atoms with Crippen molar-refractivity contribution in [3.05, 3.63) is 64.7 Å². The van der Waals surface area contributed by atoms with E-state index in [9.17, 15) is 23.1 Å². The standard InChI is InChI=1S/C20H20ClF3O3/c21-16-11-9-14(10-12-16)5-2-1-3-8-18(19(25)26)27-17-7-4-6-15(13-17)20(22,23)24/h4,6-7,9-13,18H,1-3,5,8H2,(H,25,26). The van der Waals surface area contributed by atoms with Gasteiger partial charge in [0.05, 0.1) is 5.56 Å². The van der Waals surface area contributed by atoms with Gasteiger partial charge in [-0.15, -0.1) is 0 Å². The van der Waals surface area contributed by atoms with Gasteiger partial charge in [0.15, 0.2) is 6.10 Å². The number of ether oxygens (including phenoxy) is 1. The van der Waals surface area contributed by atoms with E-state index in [1.165, 1.54) is 12.1 Å². The summed E-state index contributed by atoms with van der Waals surface area (Å²) in [6, 6.07) is 11.8. The molecular weight excluding hydrogens is 381 g/mol. The molecule has 0 saturated heterocycles. The summed E-state index contributed by atoms with van der Waals surface area (Å²) in [6.07, 6.45) is -2.33. The second-order valence-electron chi connectivity index (χ2n) is 6.20. The van der Waals surface area contributed by atoms with Crippen LogP contribution in [-0.4, -0.2) is 17.2 Å². The van der Waals surface area contributed by atoms with Gasteiger partial charge in [-0.2, -0.15) is 13.2 Å². The highest BCUT2D eigenvalue weighted by Gasteiger charge is 2.31. The lowest BCUT2D eigenvalue weighted by molar-refractivity contribution is -0.145. The first-order valence-electron chi connectivity index (χ1n) is 8.57. The van der Waals surface area contributed by atoms with Crippen LogP contribution in [-0.2, 0) is 17.4 Å². The number of unbranched alkanes of at least 4 members (excludes halogenated alkanes) is 2. The molecule has 27 heavy (non-hydrogen) atoms. The maximum Gasteiger partial charge on any atom is 0.416 e. The number of carboxylic acid groups (broad SMARTS) is 1. The third kappa shape index (κ3) is 7.13. The Morgan fingerprint density at radius 1 is 1.07 bits per heavy atom. The first-order valence-corrected chi connectivity index (χ1v) is 8.94. The second kappa shape index (κ2) is 9.65. The van der Waals surface area contributed by atoms with Crippen molar-refractivity contribution in [1.29, 1.82) is 0 Å². The molecular formula is C20H20ClF3O3. The summed E-state index contributed by atoms with van der Waals surface area (Å²) in [5, 5.41) is 9.94. The largest absolute Gasteiger partial charge is 0.479 e. The molecule has 0 amide bonds. The van der Waals surface area contributed by atoms with Gasteiger partial charge >= 0.3 is 12.1 Å². The number of benzene rings is 2. The number of aliphatic carboxylic acids is 1. The minimum atomic E-state index is -4.50. The third-order valence-corrected chi connectivity index (χ3v) is 4.31. The average molecular weight is 401 g/mol. The van der Waals surface area contributed by atoms with Gasteiger partial charge in [-0.25, -0.2) is 4.79 Å². The van der Waals surface area contributed by atoms with Gasteiger partial charge in [-0.1, -0.05) is 36.2 Å². The van der Waals surface area contributed by atoms with E-state index in [0.717, 1.165) is 37.0 Å². The Morgan fingerprint density at radius 2 is 1.78 bits per heavy atom. The van der Waals surface area contributed by atoms with Crippen LogP contribution in [0.4, 0.5) is 13.2 Å². The SMILES string of the molecule is O=C(O)C(CCCCCc1ccc(Cl)cc1)Oc1cccc(C(F)(F)F)c1. The smallest absolute Gasteiger partial charge is 0.416 e. The van der Waals surface area contributed by atoms with Crippen LogP contribution < -0.4 is 4.74 Å². The van der Waals surface area contributed by atoms with Gasteiger partial charge < -0.3 is 9.84 Å². The van der Waals surface area contributed by atoms with Crippen LogP contribution in [0.2, 0.25) is 5.02 Å². The lowest BCUT2D eigenvalue weighted by Crippen LogP contribution is -2.27. The van der Waals surface area contributed by atoms with E-state index < -0.39 is 23.8 Å². The molecule has 2 aromatic rings. The van der Waals surface area contributed by atoms with Gasteiger partial charge in [0.1, 0.15) is 5.75 Å². The predicted molar refractivity (Wildman–Crippen MR) is 97.1 cm³/mol. The molecule has 0 aliphatic carbocycles. The quantitative estimate of drug-likeness (QED) is 0.525. The molecule has 1 unspecified atom stereocenters. The monoisotopic (exact) mass is 400 g/mol. The van der Waals surface area contributed by atoms with Crippen molar-refractivity contribution in [3.63, 3.8) is 0 Å². The van der Waals surface area contributed by atoms with Gasteiger partial charge in [0.2, 0.25) is 0 Å². The first-order chi connectivity index (χ1) is 12.8. The van der Waals surface area contributed by atoms with Crippen molar-refractivity contribution in [2.75, 3.05) is 0 Å². The summed E-state index contributed by atoms with van der Waals surface area (Å²) in [7, 11) is 0. The number of halogens is 4. The summed E-state index contributed by atoms with van der Waals surface area (Å²) in [5.74, 6) is -1.29. The summed E-state index contributed by atoms with van der Waals surface area (Å²) in [4.78, 5) is 11.3. The van der Waals surface area contributed by atoms with Crippen LogP contribution >= 0.6 is 11.6 Å². The third-order valence-electron chi connectivity index (χ3n) is 4.06. The molecule has 0 heterocycles. The molecule has 0 fully saturated rings. The Balaban J connectivity index is 1.82. The highest BCUT2D eigenvalue weighted by atomic mass is 35.5. The summed E-state index contributed by atoms with van der Waals surface area (Å²) < 4.78 is 43.5. The van der Waals surface area contributed by atoms with Gasteiger partial charge in [-0.05, 0) is 61.6 Å². The Kier molecular flexibility index (Phi) is 7.54. The van der Waals surface area contributed by atoms with Crippen molar-refractivity contribution in [2.24, 2.45) is 0 Å². The molecule has 7 heteroatoms. The topological polar surface area (TPSA) is 46.5 Å². The number of carbonyl (C=O) groups is 1. The zero-order chi connectivity index (χ0) is 19.9. The first kappa shape index (κ1) is 21.1. The number of hydrogen-bond acceptors (Lipinski definition) is 2. The van der Waals surface area contributed by atoms with E-state index in [2.05, 4.69) is 0 Å². The van der Waals surface area contributed by atoms with Crippen LogP contribution in [0.3, 0.4) is 0 Å². The second-order valence-corrected chi connectivity index (χ2v) is 6.63. The molecule has 0 bridgehead atoms. The van der Waals surface area contributed by atoms with Crippen LogP contribution in [0, 0.1) is 0 Å². The van der Waals surface area contributed by atoms with Gasteiger partial charge in [-0.3, -0.25) is 0 Å². The van der Waals surface area contributed by atoms with Gasteiger partial charge in [0, 0.05) is 5.02 Å². The molecule has 146 valence electrons. The van der Waals surface area contributed by atoms with E-state index in [1.807, 2.05) is 24.3 Å². The fourth-order valence-corrected chi connectivity index (χ4v) is 2.76. The Labute approximate surface area is 160 Å². The fraction of sp³-hybridized carbons (Fsp3) is 0.350. The zero-order valence-electron chi connectivity index (χ0n) is 14.5. The highest BCUT2D eigenvalue weighted by Crippen LogP contribution is 2.31. The molecule has 2 rings (SSSR count). The summed E-state index contributed by atoms with van der Waals surface area (Å²) >= 11 is 5.83. The lowest BCUT2D eigenvalue weighted by Gasteiger charge is -2.16. The summed E-state index contributed by atoms with van der Waals surface area (Å²) in [6.45, 7) is 0. The number of rotatable bonds is 9. The molecule has 3 nitrogen and oxygen atoms in total. The Bertz CT molecular complexity index is 745. The predicted octanol–water partition coefficient (Wildman–Crippen LogP) is 5.99. The molecule has 0 aliphatic rings. The van der Waals surface area contributed by atoms with Crippen molar-refractivity contribution < 1.29 is 27.8 Å². The number of aryl methyl sites for hydroxylation is 1. The van der Waals surface area contributed by atoms with Crippen molar-refractivity contribution in [3.8, 4) is 5.75 Å². The molecule has 0 saturated carbocycles. The van der Waals surface area contributed by atoms with Crippen molar-refractivity contribution in [2.45, 2.75) is 44.4 Å². The van der Waals surface area contributed by atoms with Crippen LogP contribution in [0.15, 0.2) is 48.5 Å². The van der Waals surface area contributed by atoms with Gasteiger partial charge in [0.25, 0.3) is 0 Å². The lowest BCUT2D eigenvalue weighted by atomic mass is 10.0. The molecule has 1 N–H and O–H groups in total. The van der Waals surface area contributed by atoms with E-state index in [-0.39, 0.29) is 12.2 Å². The summed E-state index contributed by atoms with van der Waals surface area (Å²) in [5.41, 5.74) is 0.279. The highest BCUT2D eigenvalue weighted by molar-refractivity contribution is 6.30. The van der Waals surface area contributed by atoms with E-state index >= 15 is 0 Å². The fourth-order valence-electron chi connectivity index (χ4n) is 2.63. The van der Waals surface area contributed by atoms with E-state index in [0.29, 0.717) is 11.4 Å². The molecule has 0 aromatic heterocycles. The zero-order valence-corrected chi connectivity index (χ0v) is 15.3. The maximum atomic E-state index is 12.7. The Morgan fingerprint density at radius 3 is 2.41 bits per heavy atom. The minimum Gasteiger partial charge on any atom is -0.479 e. The van der Waals surface area contributed by atoms with Crippen LogP contribution in [0.5, 0.6) is 5.75 Å². The van der Waals surface area contributed by atoms with Crippen molar-refractivity contribution in [1.82, 2.24) is 0 Å². The van der Waals surface area contributed by atoms with Crippen LogP contribution in [0.25, 0.3) is 0 Å². The molecule has 0 aliphatic heterocycles. The molecule has 0 radical (unpaired) electrons. The number of carboxylic acids is 1. The Hall–Kier alpha value is -2.21. The number of alkyl halides is 3. The minimum absolute atomic E-state index is 0.0987. The van der Waals surface area contributed by atoms with E-state index in [1.54, 1.807) is 0 Å². The number of hydrogen-bond donors (Lipinski definition) is 1. The molecule has 2 aromatic carbocycles. The normalized spacial score (nSPS) is 12.6. The van der Waals surface area contributed by atoms with Crippen molar-refractivity contribution >= 4 is 17.6 Å². The molecule has 1 atom stereocenters. The van der Waals surface area contributed by atoms with E-state index in [4.69, 9.17) is 16.3 Å². The maximum absolute atomic E-state index is 12.7. The van der Waals surface area contributed by atoms with Crippen LogP contribution in [0.1, 0.15) is 36.8 Å². The molecule has 0 spiro atoms.